The Kier molecular flexibility index (Phi) is 4.89. The van der Waals surface area contributed by atoms with Gasteiger partial charge in [0.2, 0.25) is 5.91 Å². The van der Waals surface area contributed by atoms with Crippen LogP contribution in [0.25, 0.3) is 10.1 Å². The van der Waals surface area contributed by atoms with Crippen molar-refractivity contribution in [2.45, 2.75) is 6.92 Å². The molecule has 0 aliphatic heterocycles. The molecule has 0 atom stereocenters. The average Bonchev–Trinajstić information content (AvgIpc) is 2.89. The van der Waals surface area contributed by atoms with E-state index in [1.165, 1.54) is 11.3 Å². The van der Waals surface area contributed by atoms with Gasteiger partial charge in [-0.05, 0) is 37.2 Å². The first kappa shape index (κ1) is 15.4. The molecule has 2 aromatic rings. The summed E-state index contributed by atoms with van der Waals surface area (Å²) in [6.07, 6.45) is 0. The molecule has 1 aromatic heterocycles. The van der Waals surface area contributed by atoms with Crippen molar-refractivity contribution in [3.05, 3.63) is 29.1 Å². The van der Waals surface area contributed by atoms with Crippen LogP contribution in [0.2, 0.25) is 0 Å². The van der Waals surface area contributed by atoms with Crippen molar-refractivity contribution >= 4 is 38.9 Å². The second kappa shape index (κ2) is 6.66. The zero-order chi connectivity index (χ0) is 15.4. The summed E-state index contributed by atoms with van der Waals surface area (Å²) in [7, 11) is 1.88. The number of hydrogen-bond donors (Lipinski definition) is 3. The second-order valence-electron chi connectivity index (χ2n) is 4.68. The van der Waals surface area contributed by atoms with E-state index in [0.717, 1.165) is 16.6 Å². The van der Waals surface area contributed by atoms with Crippen LogP contribution in [0.4, 0.5) is 5.69 Å². The Hall–Kier alpha value is -1.96. The quantitative estimate of drug-likeness (QED) is 0.582. The molecular weight excluding hydrogens is 290 g/mol. The molecule has 0 saturated carbocycles. The number of carbonyl (C=O) groups is 2. The molecule has 0 saturated heterocycles. The Morgan fingerprint density at radius 1 is 1.33 bits per heavy atom. The van der Waals surface area contributed by atoms with Gasteiger partial charge < -0.3 is 5.32 Å². The SMILES string of the molecule is CCN(C)CC(=O)Nc1ccc2cc(C(=O)NO)sc2c1. The summed E-state index contributed by atoms with van der Waals surface area (Å²) in [6.45, 7) is 3.12. The van der Waals surface area contributed by atoms with Gasteiger partial charge in [0.1, 0.15) is 0 Å². The van der Waals surface area contributed by atoms with Crippen molar-refractivity contribution in [1.29, 1.82) is 0 Å². The minimum Gasteiger partial charge on any atom is -0.325 e. The van der Waals surface area contributed by atoms with E-state index >= 15 is 0 Å². The van der Waals surface area contributed by atoms with Crippen molar-refractivity contribution in [2.75, 3.05) is 25.5 Å². The van der Waals surface area contributed by atoms with Gasteiger partial charge in [-0.25, -0.2) is 5.48 Å². The van der Waals surface area contributed by atoms with Crippen LogP contribution in [0, 0.1) is 0 Å². The highest BCUT2D eigenvalue weighted by Gasteiger charge is 2.11. The van der Waals surface area contributed by atoms with Gasteiger partial charge in [-0.2, -0.15) is 0 Å². The number of carbonyl (C=O) groups excluding carboxylic acids is 2. The highest BCUT2D eigenvalue weighted by molar-refractivity contribution is 7.20. The number of fused-ring (bicyclic) bond motifs is 1. The normalized spacial score (nSPS) is 10.9. The molecule has 2 amide bonds. The zero-order valence-corrected chi connectivity index (χ0v) is 12.7. The van der Waals surface area contributed by atoms with Crippen LogP contribution in [0.3, 0.4) is 0 Å². The maximum Gasteiger partial charge on any atom is 0.284 e. The van der Waals surface area contributed by atoms with E-state index in [0.29, 0.717) is 17.1 Å². The van der Waals surface area contributed by atoms with Gasteiger partial charge in [0.25, 0.3) is 5.91 Å². The molecule has 112 valence electrons. The number of amides is 2. The molecule has 1 heterocycles. The Morgan fingerprint density at radius 3 is 2.76 bits per heavy atom. The fraction of sp³-hybridized carbons (Fsp3) is 0.286. The Bertz CT molecular complexity index is 669. The summed E-state index contributed by atoms with van der Waals surface area (Å²) in [6, 6.07) is 7.14. The van der Waals surface area contributed by atoms with Gasteiger partial charge in [-0.15, -0.1) is 11.3 Å². The maximum absolute atomic E-state index is 11.8. The Balaban J connectivity index is 2.15. The fourth-order valence-corrected chi connectivity index (χ4v) is 2.83. The molecular formula is C14H17N3O3S. The average molecular weight is 307 g/mol. The predicted octanol–water partition coefficient (Wildman–Crippen LogP) is 1.91. The molecule has 0 spiro atoms. The molecule has 2 rings (SSSR count). The lowest BCUT2D eigenvalue weighted by Crippen LogP contribution is -2.29. The lowest BCUT2D eigenvalue weighted by atomic mass is 10.2. The predicted molar refractivity (Wildman–Crippen MR) is 82.9 cm³/mol. The first-order valence-electron chi connectivity index (χ1n) is 6.50. The van der Waals surface area contributed by atoms with E-state index in [4.69, 9.17) is 5.21 Å². The highest BCUT2D eigenvalue weighted by atomic mass is 32.1. The zero-order valence-electron chi connectivity index (χ0n) is 11.8. The van der Waals surface area contributed by atoms with Crippen LogP contribution >= 0.6 is 11.3 Å². The van der Waals surface area contributed by atoms with E-state index in [9.17, 15) is 9.59 Å². The number of nitrogens with one attached hydrogen (secondary N) is 2. The summed E-state index contributed by atoms with van der Waals surface area (Å²) in [5, 5.41) is 12.4. The van der Waals surface area contributed by atoms with E-state index in [2.05, 4.69) is 5.32 Å². The maximum atomic E-state index is 11.8. The number of nitrogens with zero attached hydrogens (tertiary/aromatic N) is 1. The summed E-state index contributed by atoms with van der Waals surface area (Å²) in [5.74, 6) is -0.616. The molecule has 1 aromatic carbocycles. The molecule has 21 heavy (non-hydrogen) atoms. The minimum absolute atomic E-state index is 0.0800. The van der Waals surface area contributed by atoms with E-state index < -0.39 is 5.91 Å². The van der Waals surface area contributed by atoms with Gasteiger partial charge in [0.05, 0.1) is 11.4 Å². The summed E-state index contributed by atoms with van der Waals surface area (Å²) < 4.78 is 0.871. The Morgan fingerprint density at radius 2 is 2.10 bits per heavy atom. The molecule has 6 nitrogen and oxygen atoms in total. The van der Waals surface area contributed by atoms with Gasteiger partial charge in [-0.1, -0.05) is 13.0 Å². The third kappa shape index (κ3) is 3.78. The number of rotatable bonds is 5. The van der Waals surface area contributed by atoms with Crippen LogP contribution in [0.5, 0.6) is 0 Å². The number of anilines is 1. The third-order valence-corrected chi connectivity index (χ3v) is 4.18. The molecule has 0 fully saturated rings. The summed E-state index contributed by atoms with van der Waals surface area (Å²) >= 11 is 1.26. The molecule has 0 radical (unpaired) electrons. The van der Waals surface area contributed by atoms with Crippen molar-refractivity contribution in [2.24, 2.45) is 0 Å². The largest absolute Gasteiger partial charge is 0.325 e. The molecule has 3 N–H and O–H groups in total. The van der Waals surface area contributed by atoms with Gasteiger partial charge >= 0.3 is 0 Å². The number of hydroxylamine groups is 1. The van der Waals surface area contributed by atoms with Crippen LogP contribution < -0.4 is 10.8 Å². The highest BCUT2D eigenvalue weighted by Crippen LogP contribution is 2.28. The monoisotopic (exact) mass is 307 g/mol. The number of benzene rings is 1. The molecule has 7 heteroatoms. The van der Waals surface area contributed by atoms with Gasteiger partial charge in [0.15, 0.2) is 0 Å². The number of likely N-dealkylation sites (N-methyl/N-ethyl adjacent to an activating group) is 1. The van der Waals surface area contributed by atoms with Crippen molar-refractivity contribution in [3.63, 3.8) is 0 Å². The number of thiophene rings is 1. The molecule has 0 aliphatic carbocycles. The van der Waals surface area contributed by atoms with E-state index in [-0.39, 0.29) is 5.91 Å². The van der Waals surface area contributed by atoms with Crippen LogP contribution in [-0.2, 0) is 4.79 Å². The first-order chi connectivity index (χ1) is 10.0. The smallest absolute Gasteiger partial charge is 0.284 e. The molecule has 0 aliphatic rings. The van der Waals surface area contributed by atoms with Crippen molar-refractivity contribution < 1.29 is 14.8 Å². The Labute approximate surface area is 126 Å². The third-order valence-electron chi connectivity index (χ3n) is 3.08. The topological polar surface area (TPSA) is 81.7 Å². The van der Waals surface area contributed by atoms with Crippen molar-refractivity contribution in [3.8, 4) is 0 Å². The van der Waals surface area contributed by atoms with Gasteiger partial charge in [0, 0.05) is 10.4 Å². The second-order valence-corrected chi connectivity index (χ2v) is 5.77. The minimum atomic E-state index is -0.536. The number of hydrogen-bond acceptors (Lipinski definition) is 5. The van der Waals surface area contributed by atoms with Crippen molar-refractivity contribution in [1.82, 2.24) is 10.4 Å². The van der Waals surface area contributed by atoms with E-state index in [1.54, 1.807) is 17.6 Å². The summed E-state index contributed by atoms with van der Waals surface area (Å²) in [4.78, 5) is 25.5. The lowest BCUT2D eigenvalue weighted by Gasteiger charge is -2.13. The van der Waals surface area contributed by atoms with Crippen LogP contribution in [0.15, 0.2) is 24.3 Å². The van der Waals surface area contributed by atoms with Crippen LogP contribution in [0.1, 0.15) is 16.6 Å². The molecule has 0 unspecified atom stereocenters. The fourth-order valence-electron chi connectivity index (χ4n) is 1.83. The lowest BCUT2D eigenvalue weighted by molar-refractivity contribution is -0.117. The standard InChI is InChI=1S/C14H17N3O3S/c1-3-17(2)8-13(18)15-10-5-4-9-6-12(14(19)16-20)21-11(9)7-10/h4-7,20H,3,8H2,1-2H3,(H,15,18)(H,16,19). The van der Waals surface area contributed by atoms with E-state index in [1.807, 2.05) is 31.0 Å². The van der Waals surface area contributed by atoms with Crippen LogP contribution in [-0.4, -0.2) is 42.1 Å². The van der Waals surface area contributed by atoms with Gasteiger partial charge in [-0.3, -0.25) is 19.7 Å². The summed E-state index contributed by atoms with van der Waals surface area (Å²) in [5.41, 5.74) is 2.30. The first-order valence-corrected chi connectivity index (χ1v) is 7.31. The molecule has 0 bridgehead atoms.